The molecule has 0 atom stereocenters. The van der Waals surface area contributed by atoms with Crippen LogP contribution >= 0.6 is 0 Å². The van der Waals surface area contributed by atoms with Gasteiger partial charge in [-0.1, -0.05) is 5.16 Å². The van der Waals surface area contributed by atoms with Crippen LogP contribution in [0.25, 0.3) is 0 Å². The van der Waals surface area contributed by atoms with E-state index in [1.807, 2.05) is 18.7 Å². The third-order valence-corrected chi connectivity index (χ3v) is 3.84. The number of carbonyl (C=O) groups excluding carboxylic acids is 1. The van der Waals surface area contributed by atoms with Crippen molar-refractivity contribution in [3.63, 3.8) is 0 Å². The van der Waals surface area contributed by atoms with E-state index in [0.717, 1.165) is 56.0 Å². The highest BCUT2D eigenvalue weighted by molar-refractivity contribution is 5.76. The van der Waals surface area contributed by atoms with Crippen LogP contribution in [0.15, 0.2) is 4.52 Å². The second-order valence-electron chi connectivity index (χ2n) is 5.34. The molecule has 1 saturated heterocycles. The lowest BCUT2D eigenvalue weighted by Gasteiger charge is -2.20. The molecule has 5 heteroatoms. The zero-order valence-corrected chi connectivity index (χ0v) is 12.1. The summed E-state index contributed by atoms with van der Waals surface area (Å²) in [4.78, 5) is 16.5. The van der Waals surface area contributed by atoms with Crippen molar-refractivity contribution >= 4 is 5.91 Å². The van der Waals surface area contributed by atoms with Gasteiger partial charge in [0.05, 0.1) is 5.69 Å². The van der Waals surface area contributed by atoms with E-state index < -0.39 is 0 Å². The van der Waals surface area contributed by atoms with Crippen molar-refractivity contribution in [1.29, 1.82) is 0 Å². The fraction of sp³-hybridized carbons (Fsp3) is 0.714. The van der Waals surface area contributed by atoms with Crippen LogP contribution in [0.4, 0.5) is 0 Å². The molecule has 106 valence electrons. The van der Waals surface area contributed by atoms with Gasteiger partial charge in [-0.05, 0) is 40.3 Å². The maximum atomic E-state index is 12.2. The summed E-state index contributed by atoms with van der Waals surface area (Å²) in [5.74, 6) is 1.08. The van der Waals surface area contributed by atoms with Gasteiger partial charge in [0.15, 0.2) is 0 Å². The number of hydrogen-bond donors (Lipinski definition) is 0. The van der Waals surface area contributed by atoms with Crippen LogP contribution < -0.4 is 0 Å². The predicted molar refractivity (Wildman–Crippen MR) is 73.0 cm³/mol. The smallest absolute Gasteiger partial charge is 0.222 e. The Morgan fingerprint density at radius 3 is 2.74 bits per heavy atom. The minimum atomic E-state index is 0.246. The van der Waals surface area contributed by atoms with Gasteiger partial charge < -0.3 is 14.3 Å². The minimum Gasteiger partial charge on any atom is -0.361 e. The van der Waals surface area contributed by atoms with Crippen molar-refractivity contribution < 1.29 is 9.32 Å². The van der Waals surface area contributed by atoms with Gasteiger partial charge in [0.25, 0.3) is 0 Å². The van der Waals surface area contributed by atoms with E-state index in [0.29, 0.717) is 6.42 Å². The average Bonchev–Trinajstić information content (AvgIpc) is 2.58. The summed E-state index contributed by atoms with van der Waals surface area (Å²) < 4.78 is 5.13. The summed E-state index contributed by atoms with van der Waals surface area (Å²) in [6.07, 6.45) is 2.34. The summed E-state index contributed by atoms with van der Waals surface area (Å²) >= 11 is 0. The van der Waals surface area contributed by atoms with Gasteiger partial charge in [-0.2, -0.15) is 0 Å². The molecule has 0 radical (unpaired) electrons. The quantitative estimate of drug-likeness (QED) is 0.828. The Morgan fingerprint density at radius 2 is 2.05 bits per heavy atom. The molecule has 1 aromatic rings. The van der Waals surface area contributed by atoms with Crippen molar-refractivity contribution in [2.75, 3.05) is 33.2 Å². The molecule has 2 rings (SSSR count). The van der Waals surface area contributed by atoms with Gasteiger partial charge in [0, 0.05) is 31.6 Å². The second-order valence-corrected chi connectivity index (χ2v) is 5.34. The van der Waals surface area contributed by atoms with Gasteiger partial charge in [-0.25, -0.2) is 0 Å². The van der Waals surface area contributed by atoms with Crippen LogP contribution in [0.5, 0.6) is 0 Å². The number of amides is 1. The molecule has 1 aromatic heterocycles. The second kappa shape index (κ2) is 6.19. The molecule has 2 heterocycles. The predicted octanol–water partition coefficient (Wildman–Crippen LogP) is 1.39. The molecule has 5 nitrogen and oxygen atoms in total. The van der Waals surface area contributed by atoms with E-state index >= 15 is 0 Å². The molecule has 0 aliphatic carbocycles. The summed E-state index contributed by atoms with van der Waals surface area (Å²) in [5.41, 5.74) is 1.99. The number of hydrogen-bond acceptors (Lipinski definition) is 4. The van der Waals surface area contributed by atoms with E-state index in [-0.39, 0.29) is 5.91 Å². The van der Waals surface area contributed by atoms with Crippen LogP contribution in [-0.2, 0) is 11.2 Å². The summed E-state index contributed by atoms with van der Waals surface area (Å²) in [6, 6.07) is 0. The van der Waals surface area contributed by atoms with Crippen LogP contribution in [0, 0.1) is 13.8 Å². The Hall–Kier alpha value is -1.36. The molecular weight excluding hydrogens is 242 g/mol. The molecule has 0 aromatic carbocycles. The maximum absolute atomic E-state index is 12.2. The summed E-state index contributed by atoms with van der Waals surface area (Å²) in [6.45, 7) is 7.60. The SMILES string of the molecule is Cc1noc(C)c1CCC(=O)N1CCCN(C)CC1. The van der Waals surface area contributed by atoms with Crippen molar-refractivity contribution in [2.24, 2.45) is 0 Å². The standard InChI is InChI=1S/C14H23N3O2/c1-11-13(12(2)19-15-11)5-6-14(18)17-8-4-7-16(3)9-10-17/h4-10H2,1-3H3. The maximum Gasteiger partial charge on any atom is 0.222 e. The Bertz CT molecular complexity index is 422. The van der Waals surface area contributed by atoms with E-state index in [9.17, 15) is 4.79 Å². The number of aryl methyl sites for hydroxylation is 2. The molecular formula is C14H23N3O2. The zero-order chi connectivity index (χ0) is 13.8. The van der Waals surface area contributed by atoms with E-state index in [4.69, 9.17) is 4.52 Å². The van der Waals surface area contributed by atoms with Crippen LogP contribution in [0.2, 0.25) is 0 Å². The largest absolute Gasteiger partial charge is 0.361 e. The molecule has 1 aliphatic rings. The van der Waals surface area contributed by atoms with Crippen molar-refractivity contribution in [3.8, 4) is 0 Å². The lowest BCUT2D eigenvalue weighted by molar-refractivity contribution is -0.131. The number of likely N-dealkylation sites (N-methyl/N-ethyl adjacent to an activating group) is 1. The van der Waals surface area contributed by atoms with E-state index in [2.05, 4.69) is 17.1 Å². The Labute approximate surface area is 114 Å². The van der Waals surface area contributed by atoms with Crippen molar-refractivity contribution in [2.45, 2.75) is 33.1 Å². The molecule has 1 aliphatic heterocycles. The lowest BCUT2D eigenvalue weighted by atomic mass is 10.1. The highest BCUT2D eigenvalue weighted by atomic mass is 16.5. The van der Waals surface area contributed by atoms with Gasteiger partial charge in [0.2, 0.25) is 5.91 Å². The highest BCUT2D eigenvalue weighted by Gasteiger charge is 2.18. The molecule has 1 amide bonds. The first-order valence-electron chi connectivity index (χ1n) is 6.96. The summed E-state index contributed by atoms with van der Waals surface area (Å²) in [7, 11) is 2.11. The first-order valence-corrected chi connectivity index (χ1v) is 6.96. The molecule has 0 unspecified atom stereocenters. The lowest BCUT2D eigenvalue weighted by Crippen LogP contribution is -2.34. The normalized spacial score (nSPS) is 17.5. The fourth-order valence-corrected chi connectivity index (χ4v) is 2.54. The first-order chi connectivity index (χ1) is 9.08. The first kappa shape index (κ1) is 14.1. The molecule has 0 saturated carbocycles. The third-order valence-electron chi connectivity index (χ3n) is 3.84. The monoisotopic (exact) mass is 265 g/mol. The Morgan fingerprint density at radius 1 is 1.26 bits per heavy atom. The number of rotatable bonds is 3. The number of aromatic nitrogens is 1. The zero-order valence-electron chi connectivity index (χ0n) is 12.1. The molecule has 0 N–H and O–H groups in total. The minimum absolute atomic E-state index is 0.246. The van der Waals surface area contributed by atoms with Crippen LogP contribution in [0.3, 0.4) is 0 Å². The van der Waals surface area contributed by atoms with Crippen molar-refractivity contribution in [3.05, 3.63) is 17.0 Å². The Kier molecular flexibility index (Phi) is 4.58. The van der Waals surface area contributed by atoms with Gasteiger partial charge in [-0.3, -0.25) is 4.79 Å². The van der Waals surface area contributed by atoms with Gasteiger partial charge >= 0.3 is 0 Å². The molecule has 0 spiro atoms. The number of carbonyl (C=O) groups is 1. The number of nitrogens with zero attached hydrogens (tertiary/aromatic N) is 3. The van der Waals surface area contributed by atoms with E-state index in [1.165, 1.54) is 0 Å². The molecule has 1 fully saturated rings. The van der Waals surface area contributed by atoms with Crippen LogP contribution in [0.1, 0.15) is 29.9 Å². The molecule has 0 bridgehead atoms. The highest BCUT2D eigenvalue weighted by Crippen LogP contribution is 2.15. The van der Waals surface area contributed by atoms with Crippen LogP contribution in [-0.4, -0.2) is 54.1 Å². The fourth-order valence-electron chi connectivity index (χ4n) is 2.54. The van der Waals surface area contributed by atoms with Crippen molar-refractivity contribution in [1.82, 2.24) is 15.0 Å². The van der Waals surface area contributed by atoms with E-state index in [1.54, 1.807) is 0 Å². The van der Waals surface area contributed by atoms with Gasteiger partial charge in [0.1, 0.15) is 5.76 Å². The summed E-state index contributed by atoms with van der Waals surface area (Å²) in [5, 5.41) is 3.92. The van der Waals surface area contributed by atoms with Gasteiger partial charge in [-0.15, -0.1) is 0 Å². The Balaban J connectivity index is 1.87. The third kappa shape index (κ3) is 3.56. The average molecular weight is 265 g/mol. The molecule has 19 heavy (non-hydrogen) atoms. The topological polar surface area (TPSA) is 49.6 Å².